The molecule has 106 valence electrons. The van der Waals surface area contributed by atoms with Crippen LogP contribution in [-0.2, 0) is 0 Å². The maximum Gasteiger partial charge on any atom is 0.149 e. The number of halogens is 2. The van der Waals surface area contributed by atoms with Crippen LogP contribution in [0.1, 0.15) is 36.3 Å². The van der Waals surface area contributed by atoms with Crippen molar-refractivity contribution in [2.24, 2.45) is 0 Å². The largest absolute Gasteiger partial charge is 0.304 e. The summed E-state index contributed by atoms with van der Waals surface area (Å²) in [5.74, 6) is -0.706. The normalized spacial score (nSPS) is 12.4. The molecule has 0 saturated heterocycles. The Bertz CT molecular complexity index is 570. The molecule has 20 heavy (non-hydrogen) atoms. The smallest absolute Gasteiger partial charge is 0.149 e. The molecule has 1 N–H and O–H groups in total. The second-order valence-corrected chi connectivity index (χ2v) is 4.67. The van der Waals surface area contributed by atoms with Gasteiger partial charge in [-0.25, -0.2) is 18.7 Å². The van der Waals surface area contributed by atoms with Gasteiger partial charge in [0.1, 0.15) is 17.5 Å². The number of hydrogen-bond acceptors (Lipinski definition) is 3. The molecule has 5 heteroatoms. The van der Waals surface area contributed by atoms with Crippen LogP contribution < -0.4 is 5.32 Å². The second kappa shape index (κ2) is 6.52. The van der Waals surface area contributed by atoms with Crippen molar-refractivity contribution in [1.29, 1.82) is 0 Å². The summed E-state index contributed by atoms with van der Waals surface area (Å²) in [6, 6.07) is 3.08. The minimum absolute atomic E-state index is 0.351. The average Bonchev–Trinajstić information content (AvgIpc) is 2.42. The molecule has 1 aromatic carbocycles. The first-order valence-corrected chi connectivity index (χ1v) is 6.58. The van der Waals surface area contributed by atoms with E-state index in [2.05, 4.69) is 15.3 Å². The Morgan fingerprint density at radius 2 is 1.90 bits per heavy atom. The molecule has 1 aromatic heterocycles. The summed E-state index contributed by atoms with van der Waals surface area (Å²) in [6.07, 6.45) is 4.26. The van der Waals surface area contributed by atoms with E-state index in [9.17, 15) is 8.78 Å². The Morgan fingerprint density at radius 1 is 1.20 bits per heavy atom. The zero-order valence-corrected chi connectivity index (χ0v) is 11.5. The summed E-state index contributed by atoms with van der Waals surface area (Å²) in [4.78, 5) is 8.47. The Hall–Kier alpha value is -1.88. The van der Waals surface area contributed by atoms with Gasteiger partial charge in [0.25, 0.3) is 0 Å². The van der Waals surface area contributed by atoms with E-state index in [1.165, 1.54) is 12.1 Å². The van der Waals surface area contributed by atoms with E-state index < -0.39 is 17.7 Å². The van der Waals surface area contributed by atoms with E-state index in [-0.39, 0.29) is 0 Å². The number of hydrogen-bond donors (Lipinski definition) is 1. The number of rotatable bonds is 5. The fourth-order valence-corrected chi connectivity index (χ4v) is 1.92. The molecule has 0 bridgehead atoms. The molecule has 3 nitrogen and oxygen atoms in total. The Kier molecular flexibility index (Phi) is 4.74. The third-order valence-corrected chi connectivity index (χ3v) is 2.93. The number of aryl methyl sites for hydroxylation is 1. The minimum Gasteiger partial charge on any atom is -0.304 e. The SMILES string of the molecule is CCCNC(c1ncc(C)cn1)c1ccc(F)cc1F. The van der Waals surface area contributed by atoms with Gasteiger partial charge in [-0.1, -0.05) is 13.0 Å². The number of nitrogens with one attached hydrogen (secondary N) is 1. The highest BCUT2D eigenvalue weighted by atomic mass is 19.1. The van der Waals surface area contributed by atoms with Crippen molar-refractivity contribution >= 4 is 0 Å². The quantitative estimate of drug-likeness (QED) is 0.912. The van der Waals surface area contributed by atoms with Crippen LogP contribution in [0, 0.1) is 18.6 Å². The Morgan fingerprint density at radius 3 is 2.50 bits per heavy atom. The van der Waals surface area contributed by atoms with Crippen molar-refractivity contribution in [3.63, 3.8) is 0 Å². The first-order chi connectivity index (χ1) is 9.61. The molecular weight excluding hydrogens is 260 g/mol. The molecule has 1 atom stereocenters. The summed E-state index contributed by atoms with van der Waals surface area (Å²) in [5, 5.41) is 3.19. The van der Waals surface area contributed by atoms with Gasteiger partial charge in [-0.15, -0.1) is 0 Å². The van der Waals surface area contributed by atoms with E-state index in [0.29, 0.717) is 17.9 Å². The number of benzene rings is 1. The Balaban J connectivity index is 2.38. The first-order valence-electron chi connectivity index (χ1n) is 6.58. The standard InChI is InChI=1S/C15H17F2N3/c1-3-6-18-14(15-19-8-10(2)9-20-15)12-5-4-11(16)7-13(12)17/h4-5,7-9,14,18H,3,6H2,1-2H3. The summed E-state index contributed by atoms with van der Waals surface area (Å²) < 4.78 is 27.0. The molecule has 0 spiro atoms. The molecule has 2 rings (SSSR count). The maximum atomic E-state index is 14.0. The third-order valence-electron chi connectivity index (χ3n) is 2.93. The summed E-state index contributed by atoms with van der Waals surface area (Å²) in [7, 11) is 0. The van der Waals surface area contributed by atoms with Crippen molar-refractivity contribution in [1.82, 2.24) is 15.3 Å². The van der Waals surface area contributed by atoms with Gasteiger partial charge < -0.3 is 5.32 Å². The van der Waals surface area contributed by atoms with Gasteiger partial charge in [-0.05, 0) is 31.5 Å². The lowest BCUT2D eigenvalue weighted by atomic mass is 10.0. The van der Waals surface area contributed by atoms with Crippen molar-refractivity contribution in [3.8, 4) is 0 Å². The summed E-state index contributed by atoms with van der Waals surface area (Å²) >= 11 is 0. The highest BCUT2D eigenvalue weighted by molar-refractivity contribution is 5.27. The van der Waals surface area contributed by atoms with Gasteiger partial charge >= 0.3 is 0 Å². The van der Waals surface area contributed by atoms with E-state index in [0.717, 1.165) is 18.1 Å². The van der Waals surface area contributed by atoms with Crippen molar-refractivity contribution in [3.05, 3.63) is 59.2 Å². The highest BCUT2D eigenvalue weighted by Gasteiger charge is 2.20. The van der Waals surface area contributed by atoms with Crippen LogP contribution in [0.15, 0.2) is 30.6 Å². The van der Waals surface area contributed by atoms with E-state index in [4.69, 9.17) is 0 Å². The fraction of sp³-hybridized carbons (Fsp3) is 0.333. The van der Waals surface area contributed by atoms with Gasteiger partial charge in [0.15, 0.2) is 0 Å². The first kappa shape index (κ1) is 14.5. The van der Waals surface area contributed by atoms with Gasteiger partial charge in [-0.2, -0.15) is 0 Å². The van der Waals surface area contributed by atoms with Gasteiger partial charge in [0.05, 0.1) is 6.04 Å². The number of nitrogens with zero attached hydrogens (tertiary/aromatic N) is 2. The van der Waals surface area contributed by atoms with Crippen LogP contribution in [0.2, 0.25) is 0 Å². The van der Waals surface area contributed by atoms with Crippen molar-refractivity contribution < 1.29 is 8.78 Å². The molecular formula is C15H17F2N3. The van der Waals surface area contributed by atoms with E-state index in [1.54, 1.807) is 12.4 Å². The van der Waals surface area contributed by atoms with Crippen LogP contribution in [0.3, 0.4) is 0 Å². The van der Waals surface area contributed by atoms with Crippen LogP contribution in [-0.4, -0.2) is 16.5 Å². The van der Waals surface area contributed by atoms with E-state index >= 15 is 0 Å². The lowest BCUT2D eigenvalue weighted by Crippen LogP contribution is -2.26. The van der Waals surface area contributed by atoms with Crippen molar-refractivity contribution in [2.75, 3.05) is 6.54 Å². The lowest BCUT2D eigenvalue weighted by molar-refractivity contribution is 0.519. The van der Waals surface area contributed by atoms with Gasteiger partial charge in [0, 0.05) is 24.0 Å². The van der Waals surface area contributed by atoms with E-state index in [1.807, 2.05) is 13.8 Å². The fourth-order valence-electron chi connectivity index (χ4n) is 1.92. The van der Waals surface area contributed by atoms with Crippen LogP contribution in [0.25, 0.3) is 0 Å². The summed E-state index contributed by atoms with van der Waals surface area (Å²) in [6.45, 7) is 4.59. The predicted molar refractivity (Wildman–Crippen MR) is 73.3 cm³/mol. The number of aromatic nitrogens is 2. The lowest BCUT2D eigenvalue weighted by Gasteiger charge is -2.18. The average molecular weight is 277 g/mol. The zero-order valence-electron chi connectivity index (χ0n) is 11.5. The van der Waals surface area contributed by atoms with Crippen LogP contribution >= 0.6 is 0 Å². The molecule has 0 saturated carbocycles. The molecule has 0 aliphatic rings. The maximum absolute atomic E-state index is 14.0. The Labute approximate surface area is 117 Å². The molecule has 0 fully saturated rings. The predicted octanol–water partition coefficient (Wildman–Crippen LogP) is 3.15. The van der Waals surface area contributed by atoms with Crippen molar-refractivity contribution in [2.45, 2.75) is 26.3 Å². The summed E-state index contributed by atoms with van der Waals surface area (Å²) in [5.41, 5.74) is 1.28. The topological polar surface area (TPSA) is 37.8 Å². The monoisotopic (exact) mass is 277 g/mol. The minimum atomic E-state index is -0.595. The molecule has 0 aliphatic heterocycles. The van der Waals surface area contributed by atoms with Crippen LogP contribution in [0.4, 0.5) is 8.78 Å². The third kappa shape index (κ3) is 3.36. The molecule has 0 radical (unpaired) electrons. The molecule has 1 unspecified atom stereocenters. The molecule has 1 heterocycles. The molecule has 2 aromatic rings. The van der Waals surface area contributed by atoms with Gasteiger partial charge in [0.2, 0.25) is 0 Å². The van der Waals surface area contributed by atoms with Gasteiger partial charge in [-0.3, -0.25) is 0 Å². The molecule has 0 aliphatic carbocycles. The highest BCUT2D eigenvalue weighted by Crippen LogP contribution is 2.22. The zero-order chi connectivity index (χ0) is 14.5. The van der Waals surface area contributed by atoms with Crippen LogP contribution in [0.5, 0.6) is 0 Å². The molecule has 0 amide bonds. The second-order valence-electron chi connectivity index (χ2n) is 4.67.